The van der Waals surface area contributed by atoms with Crippen molar-refractivity contribution >= 4 is 11.4 Å². The third kappa shape index (κ3) is 2.89. The highest BCUT2D eigenvalue weighted by Gasteiger charge is 2.10. The molecule has 3 heteroatoms. The van der Waals surface area contributed by atoms with Gasteiger partial charge in [-0.15, -0.1) is 0 Å². The summed E-state index contributed by atoms with van der Waals surface area (Å²) in [6.45, 7) is 3.58. The van der Waals surface area contributed by atoms with Crippen LogP contribution in [0.3, 0.4) is 0 Å². The number of benzene rings is 1. The Bertz CT molecular complexity index is 343. The van der Waals surface area contributed by atoms with Crippen molar-refractivity contribution in [1.82, 2.24) is 4.90 Å². The van der Waals surface area contributed by atoms with Crippen LogP contribution in [-0.2, 0) is 6.42 Å². The van der Waals surface area contributed by atoms with Gasteiger partial charge >= 0.3 is 0 Å². The minimum atomic E-state index is 0.808. The van der Waals surface area contributed by atoms with E-state index in [1.54, 1.807) is 0 Å². The topological polar surface area (TPSA) is 55.3 Å². The second-order valence-corrected chi connectivity index (χ2v) is 4.61. The average molecular weight is 219 g/mol. The molecule has 16 heavy (non-hydrogen) atoms. The molecular weight excluding hydrogens is 198 g/mol. The van der Waals surface area contributed by atoms with Gasteiger partial charge in [-0.1, -0.05) is 6.42 Å². The van der Waals surface area contributed by atoms with E-state index in [0.717, 1.165) is 24.3 Å². The van der Waals surface area contributed by atoms with Crippen LogP contribution in [0.5, 0.6) is 0 Å². The molecule has 0 amide bonds. The molecule has 2 rings (SSSR count). The highest BCUT2D eigenvalue weighted by molar-refractivity contribution is 5.55. The van der Waals surface area contributed by atoms with Crippen LogP contribution in [-0.4, -0.2) is 24.5 Å². The summed E-state index contributed by atoms with van der Waals surface area (Å²) in [4.78, 5) is 2.52. The first-order valence-corrected chi connectivity index (χ1v) is 6.12. The number of hydrogen-bond donors (Lipinski definition) is 2. The Hall–Kier alpha value is -1.22. The van der Waals surface area contributed by atoms with E-state index < -0.39 is 0 Å². The van der Waals surface area contributed by atoms with Gasteiger partial charge in [0.2, 0.25) is 0 Å². The second kappa shape index (κ2) is 5.21. The molecule has 1 aromatic carbocycles. The lowest BCUT2D eigenvalue weighted by atomic mass is 10.1. The zero-order valence-electron chi connectivity index (χ0n) is 9.78. The maximum Gasteiger partial charge on any atom is 0.0348 e. The molecule has 0 radical (unpaired) electrons. The van der Waals surface area contributed by atoms with Crippen LogP contribution in [0, 0.1) is 0 Å². The molecule has 1 aliphatic heterocycles. The summed E-state index contributed by atoms with van der Waals surface area (Å²) >= 11 is 0. The molecule has 0 bridgehead atoms. The predicted octanol–water partition coefficient (Wildman–Crippen LogP) is 1.88. The van der Waals surface area contributed by atoms with Crippen molar-refractivity contribution in [1.29, 1.82) is 0 Å². The van der Waals surface area contributed by atoms with Crippen molar-refractivity contribution in [3.63, 3.8) is 0 Å². The summed E-state index contributed by atoms with van der Waals surface area (Å²) in [5.74, 6) is 0. The van der Waals surface area contributed by atoms with Gasteiger partial charge in [0.05, 0.1) is 0 Å². The van der Waals surface area contributed by atoms with Crippen molar-refractivity contribution in [3.05, 3.63) is 23.8 Å². The van der Waals surface area contributed by atoms with E-state index in [2.05, 4.69) is 4.90 Å². The fraction of sp³-hybridized carbons (Fsp3) is 0.538. The Balaban J connectivity index is 1.90. The zero-order valence-corrected chi connectivity index (χ0v) is 9.78. The van der Waals surface area contributed by atoms with E-state index in [4.69, 9.17) is 11.5 Å². The van der Waals surface area contributed by atoms with Crippen LogP contribution >= 0.6 is 0 Å². The number of hydrogen-bond acceptors (Lipinski definition) is 3. The lowest BCUT2D eigenvalue weighted by Crippen LogP contribution is -2.31. The highest BCUT2D eigenvalue weighted by Crippen LogP contribution is 2.17. The number of nitrogens with two attached hydrogens (primary N) is 2. The molecule has 1 aliphatic rings. The normalized spacial score (nSPS) is 17.5. The zero-order chi connectivity index (χ0) is 11.4. The van der Waals surface area contributed by atoms with E-state index >= 15 is 0 Å². The van der Waals surface area contributed by atoms with Gasteiger partial charge in [-0.05, 0) is 56.1 Å². The molecule has 0 aromatic heterocycles. The first-order valence-electron chi connectivity index (χ1n) is 6.12. The van der Waals surface area contributed by atoms with Crippen LogP contribution in [0.15, 0.2) is 18.2 Å². The average Bonchev–Trinajstić information content (AvgIpc) is 2.32. The molecule has 0 unspecified atom stereocenters. The fourth-order valence-electron chi connectivity index (χ4n) is 2.30. The van der Waals surface area contributed by atoms with E-state index in [9.17, 15) is 0 Å². The lowest BCUT2D eigenvalue weighted by Gasteiger charge is -2.26. The number of nitrogens with zero attached hydrogens (tertiary/aromatic N) is 1. The molecule has 0 spiro atoms. The third-order valence-corrected chi connectivity index (χ3v) is 3.31. The first kappa shape index (κ1) is 11.3. The smallest absolute Gasteiger partial charge is 0.0348 e. The van der Waals surface area contributed by atoms with E-state index in [0.29, 0.717) is 0 Å². The van der Waals surface area contributed by atoms with Crippen molar-refractivity contribution in [2.24, 2.45) is 0 Å². The number of piperidine rings is 1. The third-order valence-electron chi connectivity index (χ3n) is 3.31. The van der Waals surface area contributed by atoms with Crippen molar-refractivity contribution in [2.75, 3.05) is 31.1 Å². The van der Waals surface area contributed by atoms with Gasteiger partial charge in [0.25, 0.3) is 0 Å². The van der Waals surface area contributed by atoms with Gasteiger partial charge in [0.1, 0.15) is 0 Å². The maximum absolute atomic E-state index is 5.93. The van der Waals surface area contributed by atoms with Crippen LogP contribution in [0.1, 0.15) is 24.8 Å². The maximum atomic E-state index is 5.93. The quantitative estimate of drug-likeness (QED) is 0.763. The minimum Gasteiger partial charge on any atom is -0.399 e. The van der Waals surface area contributed by atoms with Crippen molar-refractivity contribution in [3.8, 4) is 0 Å². The van der Waals surface area contributed by atoms with Gasteiger partial charge in [0, 0.05) is 17.9 Å². The summed E-state index contributed by atoms with van der Waals surface area (Å²) in [6, 6.07) is 5.76. The largest absolute Gasteiger partial charge is 0.399 e. The predicted molar refractivity (Wildman–Crippen MR) is 69.3 cm³/mol. The first-order chi connectivity index (χ1) is 7.75. The molecule has 3 nitrogen and oxygen atoms in total. The van der Waals surface area contributed by atoms with Gasteiger partial charge in [-0.3, -0.25) is 0 Å². The Morgan fingerprint density at radius 3 is 2.56 bits per heavy atom. The number of rotatable bonds is 3. The highest BCUT2D eigenvalue weighted by atomic mass is 15.1. The Labute approximate surface area is 97.4 Å². The number of nitrogen functional groups attached to an aromatic ring is 2. The SMILES string of the molecule is Nc1ccc(N)c(CCN2CCCCC2)c1. The molecular formula is C13H21N3. The summed E-state index contributed by atoms with van der Waals surface area (Å²) in [7, 11) is 0. The summed E-state index contributed by atoms with van der Waals surface area (Å²) in [5.41, 5.74) is 14.6. The van der Waals surface area contributed by atoms with Gasteiger partial charge in [-0.2, -0.15) is 0 Å². The Morgan fingerprint density at radius 1 is 1.06 bits per heavy atom. The summed E-state index contributed by atoms with van der Waals surface area (Å²) in [5, 5.41) is 0. The molecule has 1 saturated heterocycles. The van der Waals surface area contributed by atoms with Crippen LogP contribution < -0.4 is 11.5 Å². The monoisotopic (exact) mass is 219 g/mol. The summed E-state index contributed by atoms with van der Waals surface area (Å²) < 4.78 is 0. The minimum absolute atomic E-state index is 0.808. The Kier molecular flexibility index (Phi) is 3.67. The number of likely N-dealkylation sites (tertiary alicyclic amines) is 1. The van der Waals surface area contributed by atoms with E-state index in [1.165, 1.54) is 37.9 Å². The standard InChI is InChI=1S/C13H21N3/c14-12-4-5-13(15)11(10-12)6-9-16-7-2-1-3-8-16/h4-5,10H,1-3,6-9,14-15H2. The number of anilines is 2. The van der Waals surface area contributed by atoms with E-state index in [1.807, 2.05) is 18.2 Å². The van der Waals surface area contributed by atoms with Crippen molar-refractivity contribution < 1.29 is 0 Å². The molecule has 0 saturated carbocycles. The summed E-state index contributed by atoms with van der Waals surface area (Å²) in [6.07, 6.45) is 5.08. The van der Waals surface area contributed by atoms with Gasteiger partial charge < -0.3 is 16.4 Å². The van der Waals surface area contributed by atoms with Gasteiger partial charge in [0.15, 0.2) is 0 Å². The molecule has 0 atom stereocenters. The van der Waals surface area contributed by atoms with Crippen LogP contribution in [0.25, 0.3) is 0 Å². The molecule has 1 aromatic rings. The van der Waals surface area contributed by atoms with Crippen molar-refractivity contribution in [2.45, 2.75) is 25.7 Å². The molecule has 1 fully saturated rings. The molecule has 4 N–H and O–H groups in total. The molecule has 1 heterocycles. The van der Waals surface area contributed by atoms with Gasteiger partial charge in [-0.25, -0.2) is 0 Å². The fourth-order valence-corrected chi connectivity index (χ4v) is 2.30. The second-order valence-electron chi connectivity index (χ2n) is 4.61. The molecule has 0 aliphatic carbocycles. The van der Waals surface area contributed by atoms with Crippen LogP contribution in [0.2, 0.25) is 0 Å². The Morgan fingerprint density at radius 2 is 1.81 bits per heavy atom. The lowest BCUT2D eigenvalue weighted by molar-refractivity contribution is 0.231. The van der Waals surface area contributed by atoms with E-state index in [-0.39, 0.29) is 0 Å². The molecule has 88 valence electrons. The van der Waals surface area contributed by atoms with Crippen LogP contribution in [0.4, 0.5) is 11.4 Å².